The zero-order valence-electron chi connectivity index (χ0n) is 10.0. The van der Waals surface area contributed by atoms with Crippen LogP contribution in [0.3, 0.4) is 0 Å². The average molecular weight is 247 g/mol. The van der Waals surface area contributed by atoms with E-state index in [1.807, 2.05) is 12.1 Å². The minimum atomic E-state index is -0.982. The number of nitrogens with zero attached hydrogens (tertiary/aromatic N) is 1. The molecule has 0 spiro atoms. The van der Waals surface area contributed by atoms with E-state index in [1.165, 1.54) is 12.3 Å². The third-order valence-corrected chi connectivity index (χ3v) is 2.70. The first-order valence-corrected chi connectivity index (χ1v) is 5.57. The van der Waals surface area contributed by atoms with Crippen LogP contribution >= 0.6 is 0 Å². The first-order valence-electron chi connectivity index (χ1n) is 5.57. The molecule has 0 bridgehead atoms. The Hall–Kier alpha value is -1.78. The molecule has 0 fully saturated rings. The molecule has 0 aliphatic carbocycles. The van der Waals surface area contributed by atoms with Crippen LogP contribution < -0.4 is 0 Å². The number of pyridine rings is 1. The van der Waals surface area contributed by atoms with Crippen LogP contribution in [0.2, 0.25) is 0 Å². The van der Waals surface area contributed by atoms with Crippen LogP contribution in [-0.4, -0.2) is 17.2 Å². The van der Waals surface area contributed by atoms with Crippen molar-refractivity contribution in [2.45, 2.75) is 12.7 Å². The molecule has 2 aromatic rings. The Bertz CT molecular complexity index is 513. The van der Waals surface area contributed by atoms with Crippen molar-refractivity contribution in [2.24, 2.45) is 0 Å². The molecule has 1 N–H and O–H groups in total. The standard InChI is InChI=1S/C14H14FNO2/c1-18-9-10-2-4-11(5-3-10)14(17)12-6-7-16-8-13(12)15/h2-8,14,17H,9H2,1H3. The molecule has 1 heterocycles. The van der Waals surface area contributed by atoms with Gasteiger partial charge in [-0.2, -0.15) is 0 Å². The van der Waals surface area contributed by atoms with E-state index in [-0.39, 0.29) is 5.56 Å². The molecule has 0 saturated carbocycles. The normalized spacial score (nSPS) is 12.4. The maximum atomic E-state index is 13.5. The van der Waals surface area contributed by atoms with Crippen molar-refractivity contribution >= 4 is 0 Å². The molecular formula is C14H14FNO2. The topological polar surface area (TPSA) is 42.4 Å². The lowest BCUT2D eigenvalue weighted by Gasteiger charge is -2.12. The van der Waals surface area contributed by atoms with Crippen molar-refractivity contribution < 1.29 is 14.2 Å². The molecule has 1 atom stereocenters. The molecule has 2 rings (SSSR count). The van der Waals surface area contributed by atoms with E-state index in [1.54, 1.807) is 19.2 Å². The second-order valence-electron chi connectivity index (χ2n) is 3.97. The Kier molecular flexibility index (Phi) is 4.02. The van der Waals surface area contributed by atoms with Gasteiger partial charge in [-0.25, -0.2) is 4.39 Å². The smallest absolute Gasteiger partial charge is 0.147 e. The van der Waals surface area contributed by atoms with E-state index in [4.69, 9.17) is 4.74 Å². The number of methoxy groups -OCH3 is 1. The molecule has 3 nitrogen and oxygen atoms in total. The van der Waals surface area contributed by atoms with E-state index in [2.05, 4.69) is 4.98 Å². The molecule has 0 aliphatic rings. The molecule has 4 heteroatoms. The first-order chi connectivity index (χ1) is 8.72. The summed E-state index contributed by atoms with van der Waals surface area (Å²) >= 11 is 0. The van der Waals surface area contributed by atoms with E-state index in [0.29, 0.717) is 12.2 Å². The molecule has 94 valence electrons. The largest absolute Gasteiger partial charge is 0.384 e. The van der Waals surface area contributed by atoms with Crippen LogP contribution in [0.4, 0.5) is 4.39 Å². The van der Waals surface area contributed by atoms with Crippen LogP contribution in [0.25, 0.3) is 0 Å². The summed E-state index contributed by atoms with van der Waals surface area (Å²) in [6.45, 7) is 0.514. The summed E-state index contributed by atoms with van der Waals surface area (Å²) in [6.07, 6.45) is 1.57. The van der Waals surface area contributed by atoms with Crippen molar-refractivity contribution in [1.82, 2.24) is 4.98 Å². The number of aliphatic hydroxyl groups is 1. The summed E-state index contributed by atoms with van der Waals surface area (Å²) < 4.78 is 18.5. The van der Waals surface area contributed by atoms with Gasteiger partial charge in [0.25, 0.3) is 0 Å². The van der Waals surface area contributed by atoms with Crippen LogP contribution in [0.5, 0.6) is 0 Å². The van der Waals surface area contributed by atoms with Gasteiger partial charge in [-0.15, -0.1) is 0 Å². The summed E-state index contributed by atoms with van der Waals surface area (Å²) in [4.78, 5) is 3.66. The summed E-state index contributed by atoms with van der Waals surface area (Å²) in [5, 5.41) is 10.1. The number of aliphatic hydroxyl groups excluding tert-OH is 1. The van der Waals surface area contributed by atoms with Gasteiger partial charge in [0.2, 0.25) is 0 Å². The van der Waals surface area contributed by atoms with Gasteiger partial charge in [0.1, 0.15) is 11.9 Å². The zero-order chi connectivity index (χ0) is 13.0. The fraction of sp³-hybridized carbons (Fsp3) is 0.214. The summed E-state index contributed by atoms with van der Waals surface area (Å²) in [7, 11) is 1.62. The third kappa shape index (κ3) is 2.72. The molecule has 0 aliphatic heterocycles. The van der Waals surface area contributed by atoms with Crippen LogP contribution in [0, 0.1) is 5.82 Å². The summed E-state index contributed by atoms with van der Waals surface area (Å²) in [5.41, 5.74) is 1.87. The Balaban J connectivity index is 2.23. The monoisotopic (exact) mass is 247 g/mol. The molecule has 1 unspecified atom stereocenters. The predicted molar refractivity (Wildman–Crippen MR) is 65.4 cm³/mol. The van der Waals surface area contributed by atoms with Crippen molar-refractivity contribution in [3.05, 3.63) is 65.2 Å². The van der Waals surface area contributed by atoms with Gasteiger partial charge in [-0.3, -0.25) is 4.98 Å². The SMILES string of the molecule is COCc1ccc(C(O)c2ccncc2F)cc1. The Morgan fingerprint density at radius 2 is 2.00 bits per heavy atom. The lowest BCUT2D eigenvalue weighted by molar-refractivity contribution is 0.184. The zero-order valence-corrected chi connectivity index (χ0v) is 10.0. The fourth-order valence-corrected chi connectivity index (χ4v) is 1.75. The molecular weight excluding hydrogens is 233 g/mol. The van der Waals surface area contributed by atoms with E-state index >= 15 is 0 Å². The molecule has 18 heavy (non-hydrogen) atoms. The number of halogens is 1. The number of rotatable bonds is 4. The Labute approximate surface area is 105 Å². The highest BCUT2D eigenvalue weighted by Gasteiger charge is 2.14. The van der Waals surface area contributed by atoms with Gasteiger partial charge in [0.05, 0.1) is 12.8 Å². The van der Waals surface area contributed by atoms with Gasteiger partial charge >= 0.3 is 0 Å². The predicted octanol–water partition coefficient (Wildman–Crippen LogP) is 2.45. The maximum absolute atomic E-state index is 13.5. The third-order valence-electron chi connectivity index (χ3n) is 2.70. The average Bonchev–Trinajstić information content (AvgIpc) is 2.40. The summed E-state index contributed by atoms with van der Waals surface area (Å²) in [6, 6.07) is 8.70. The number of hydrogen-bond donors (Lipinski definition) is 1. The van der Waals surface area contributed by atoms with E-state index in [0.717, 1.165) is 11.8 Å². The van der Waals surface area contributed by atoms with Crippen LogP contribution in [0.15, 0.2) is 42.7 Å². The maximum Gasteiger partial charge on any atom is 0.147 e. The highest BCUT2D eigenvalue weighted by atomic mass is 19.1. The van der Waals surface area contributed by atoms with E-state index < -0.39 is 11.9 Å². The molecule has 1 aromatic carbocycles. The minimum Gasteiger partial charge on any atom is -0.384 e. The van der Waals surface area contributed by atoms with Crippen molar-refractivity contribution in [1.29, 1.82) is 0 Å². The lowest BCUT2D eigenvalue weighted by Crippen LogP contribution is -2.03. The quantitative estimate of drug-likeness (QED) is 0.902. The number of ether oxygens (including phenoxy) is 1. The van der Waals surface area contributed by atoms with Crippen LogP contribution in [0.1, 0.15) is 22.8 Å². The number of hydrogen-bond acceptors (Lipinski definition) is 3. The van der Waals surface area contributed by atoms with Gasteiger partial charge in [-0.1, -0.05) is 24.3 Å². The fourth-order valence-electron chi connectivity index (χ4n) is 1.75. The van der Waals surface area contributed by atoms with Crippen molar-refractivity contribution in [3.8, 4) is 0 Å². The van der Waals surface area contributed by atoms with E-state index in [9.17, 15) is 9.50 Å². The highest BCUT2D eigenvalue weighted by Crippen LogP contribution is 2.23. The molecule has 0 saturated heterocycles. The Morgan fingerprint density at radius 1 is 1.28 bits per heavy atom. The second kappa shape index (κ2) is 5.71. The van der Waals surface area contributed by atoms with Crippen molar-refractivity contribution in [2.75, 3.05) is 7.11 Å². The van der Waals surface area contributed by atoms with Crippen LogP contribution in [-0.2, 0) is 11.3 Å². The highest BCUT2D eigenvalue weighted by molar-refractivity contribution is 5.31. The Morgan fingerprint density at radius 3 is 2.61 bits per heavy atom. The van der Waals surface area contributed by atoms with Gasteiger partial charge in [-0.05, 0) is 17.2 Å². The van der Waals surface area contributed by atoms with Gasteiger partial charge < -0.3 is 9.84 Å². The number of benzene rings is 1. The lowest BCUT2D eigenvalue weighted by atomic mass is 10.0. The molecule has 1 aromatic heterocycles. The molecule has 0 radical (unpaired) electrons. The first kappa shape index (κ1) is 12.7. The van der Waals surface area contributed by atoms with Gasteiger partial charge in [0.15, 0.2) is 0 Å². The molecule has 0 amide bonds. The second-order valence-corrected chi connectivity index (χ2v) is 3.97. The van der Waals surface area contributed by atoms with Gasteiger partial charge in [0, 0.05) is 18.9 Å². The summed E-state index contributed by atoms with van der Waals surface area (Å²) in [5.74, 6) is -0.508. The van der Waals surface area contributed by atoms with Crippen molar-refractivity contribution in [3.63, 3.8) is 0 Å². The number of aromatic nitrogens is 1. The minimum absolute atomic E-state index is 0.226.